The van der Waals surface area contributed by atoms with Crippen molar-refractivity contribution in [2.45, 2.75) is 0 Å². The van der Waals surface area contributed by atoms with Gasteiger partial charge in [0, 0.05) is 12.3 Å². The highest BCUT2D eigenvalue weighted by atomic mass is 79.9. The van der Waals surface area contributed by atoms with E-state index in [9.17, 15) is 9.59 Å². The summed E-state index contributed by atoms with van der Waals surface area (Å²) in [5.74, 6) is -0.305. The highest BCUT2D eigenvalue weighted by Crippen LogP contribution is 2.36. The molecule has 0 aliphatic heterocycles. The summed E-state index contributed by atoms with van der Waals surface area (Å²) in [5, 5.41) is 8.97. The Hall–Kier alpha value is -3.91. The molecule has 0 aliphatic rings. The summed E-state index contributed by atoms with van der Waals surface area (Å²) in [5.41, 5.74) is 2.26. The molecule has 0 amide bonds. The number of esters is 1. The van der Waals surface area contributed by atoms with E-state index < -0.39 is 11.9 Å². The molecule has 0 unspecified atom stereocenters. The molecule has 168 valence electrons. The van der Waals surface area contributed by atoms with Crippen LogP contribution in [0.5, 0.6) is 17.2 Å². The lowest BCUT2D eigenvalue weighted by Crippen LogP contribution is -2.06. The van der Waals surface area contributed by atoms with Gasteiger partial charge in [0.05, 0.1) is 29.9 Å². The zero-order valence-corrected chi connectivity index (χ0v) is 19.4. The Kier molecular flexibility index (Phi) is 7.99. The molecule has 0 saturated heterocycles. The quantitative estimate of drug-likeness (QED) is 0.185. The second-order valence-corrected chi connectivity index (χ2v) is 7.53. The van der Waals surface area contributed by atoms with Gasteiger partial charge in [0.1, 0.15) is 5.75 Å². The molecule has 0 saturated carbocycles. The highest BCUT2D eigenvalue weighted by Gasteiger charge is 2.14. The average molecular weight is 510 g/mol. The summed E-state index contributed by atoms with van der Waals surface area (Å²) in [6.07, 6.45) is 4.54. The fraction of sp³-hybridized carbons (Fsp3) is 0.0800. The van der Waals surface area contributed by atoms with E-state index in [1.165, 1.54) is 25.3 Å². The van der Waals surface area contributed by atoms with Gasteiger partial charge < -0.3 is 19.3 Å². The first-order valence-electron chi connectivity index (χ1n) is 9.68. The molecule has 0 aliphatic carbocycles. The van der Waals surface area contributed by atoms with Crippen molar-refractivity contribution < 1.29 is 28.9 Å². The van der Waals surface area contributed by atoms with Crippen LogP contribution < -0.4 is 14.2 Å². The first-order valence-corrected chi connectivity index (χ1v) is 10.5. The minimum Gasteiger partial charge on any atom is -0.497 e. The molecule has 0 heterocycles. The Morgan fingerprint density at radius 1 is 0.970 bits per heavy atom. The van der Waals surface area contributed by atoms with Crippen LogP contribution in [-0.2, 0) is 4.79 Å². The molecule has 0 bridgehead atoms. The monoisotopic (exact) mass is 509 g/mol. The minimum atomic E-state index is -0.998. The predicted molar refractivity (Wildman–Crippen MR) is 129 cm³/mol. The first-order chi connectivity index (χ1) is 15.9. The Morgan fingerprint density at radius 3 is 2.39 bits per heavy atom. The van der Waals surface area contributed by atoms with Crippen molar-refractivity contribution >= 4 is 45.8 Å². The summed E-state index contributed by atoms with van der Waals surface area (Å²) in [6.45, 7) is 0. The highest BCUT2D eigenvalue weighted by molar-refractivity contribution is 9.10. The van der Waals surface area contributed by atoms with Gasteiger partial charge in [-0.05, 0) is 81.7 Å². The van der Waals surface area contributed by atoms with Crippen LogP contribution in [0, 0.1) is 0 Å². The maximum atomic E-state index is 12.3. The molecule has 8 heteroatoms. The number of halogens is 1. The van der Waals surface area contributed by atoms with Crippen molar-refractivity contribution in [3.8, 4) is 17.2 Å². The van der Waals surface area contributed by atoms with E-state index in [1.807, 2.05) is 18.2 Å². The van der Waals surface area contributed by atoms with E-state index in [2.05, 4.69) is 20.9 Å². The third-order valence-corrected chi connectivity index (χ3v) is 5.03. The Balaban J connectivity index is 1.74. The lowest BCUT2D eigenvalue weighted by Gasteiger charge is -2.11. The Morgan fingerprint density at radius 2 is 1.73 bits per heavy atom. The number of hydrogen-bond acceptors (Lipinski definition) is 6. The lowest BCUT2D eigenvalue weighted by atomic mass is 10.2. The molecule has 1 N–H and O–H groups in total. The number of methoxy groups -OCH3 is 2. The largest absolute Gasteiger partial charge is 0.497 e. The number of carbonyl (C=O) groups excluding carboxylic acids is 1. The molecule has 0 fully saturated rings. The number of benzene rings is 3. The fourth-order valence-corrected chi connectivity index (χ4v) is 3.34. The smallest absolute Gasteiger partial charge is 0.336 e. The van der Waals surface area contributed by atoms with Gasteiger partial charge in [0.2, 0.25) is 0 Å². The van der Waals surface area contributed by atoms with E-state index in [4.69, 9.17) is 19.3 Å². The third-order valence-electron chi connectivity index (χ3n) is 4.44. The van der Waals surface area contributed by atoms with E-state index in [1.54, 1.807) is 49.7 Å². The molecule has 3 aromatic carbocycles. The van der Waals surface area contributed by atoms with Crippen molar-refractivity contribution in [2.24, 2.45) is 4.99 Å². The standard InChI is InChI=1S/C25H20BrNO6/c1-31-20-5-3-4-16(12-20)6-11-23(28)33-24-21(26)13-17(14-22(24)32-2)15-27-19-9-7-18(8-10-19)25(29)30/h3-15H,1-2H3,(H,29,30)/b11-6+,27-15?. The zero-order valence-electron chi connectivity index (χ0n) is 17.8. The third kappa shape index (κ3) is 6.54. The first kappa shape index (κ1) is 23.7. The number of carboxylic acid groups (broad SMARTS) is 1. The zero-order chi connectivity index (χ0) is 23.8. The summed E-state index contributed by atoms with van der Waals surface area (Å²) in [7, 11) is 3.04. The molecule has 33 heavy (non-hydrogen) atoms. The van der Waals surface area contributed by atoms with Crippen molar-refractivity contribution in [3.63, 3.8) is 0 Å². The molecule has 0 radical (unpaired) electrons. The molecular weight excluding hydrogens is 490 g/mol. The van der Waals surface area contributed by atoms with Gasteiger partial charge in [-0.15, -0.1) is 0 Å². The molecule has 3 aromatic rings. The summed E-state index contributed by atoms with van der Waals surface area (Å²) in [6, 6.07) is 16.8. The van der Waals surface area contributed by atoms with Gasteiger partial charge in [0.15, 0.2) is 11.5 Å². The Bertz CT molecular complexity index is 1220. The number of aromatic carboxylic acids is 1. The van der Waals surface area contributed by atoms with Crippen molar-refractivity contribution in [1.29, 1.82) is 0 Å². The van der Waals surface area contributed by atoms with Gasteiger partial charge in [-0.25, -0.2) is 9.59 Å². The topological polar surface area (TPSA) is 94.4 Å². The van der Waals surface area contributed by atoms with Crippen LogP contribution in [0.4, 0.5) is 5.69 Å². The van der Waals surface area contributed by atoms with Crippen molar-refractivity contribution in [1.82, 2.24) is 0 Å². The second kappa shape index (κ2) is 11.1. The molecule has 3 rings (SSSR count). The molecule has 0 atom stereocenters. The van der Waals surface area contributed by atoms with Crippen LogP contribution >= 0.6 is 15.9 Å². The second-order valence-electron chi connectivity index (χ2n) is 6.68. The number of carbonyl (C=O) groups is 2. The molecular formula is C25H20BrNO6. The van der Waals surface area contributed by atoms with Crippen LogP contribution in [0.25, 0.3) is 6.08 Å². The maximum absolute atomic E-state index is 12.3. The number of ether oxygens (including phenoxy) is 3. The SMILES string of the molecule is COc1cccc(/C=C/C(=O)Oc2c(Br)cc(C=Nc3ccc(C(=O)O)cc3)cc2OC)c1. The van der Waals surface area contributed by atoms with Gasteiger partial charge in [0.25, 0.3) is 0 Å². The number of aliphatic imine (C=N–C) groups is 1. The normalized spacial score (nSPS) is 11.0. The lowest BCUT2D eigenvalue weighted by molar-refractivity contribution is -0.129. The number of rotatable bonds is 8. The molecule has 0 aromatic heterocycles. The summed E-state index contributed by atoms with van der Waals surface area (Å²) in [4.78, 5) is 27.6. The van der Waals surface area contributed by atoms with E-state index in [-0.39, 0.29) is 11.3 Å². The summed E-state index contributed by atoms with van der Waals surface area (Å²) >= 11 is 3.41. The number of carboxylic acids is 1. The minimum absolute atomic E-state index is 0.185. The fourth-order valence-electron chi connectivity index (χ4n) is 2.80. The van der Waals surface area contributed by atoms with Crippen molar-refractivity contribution in [2.75, 3.05) is 14.2 Å². The van der Waals surface area contributed by atoms with Gasteiger partial charge in [-0.3, -0.25) is 4.99 Å². The molecule has 7 nitrogen and oxygen atoms in total. The Labute approximate surface area is 199 Å². The van der Waals surface area contributed by atoms with Crippen LogP contribution in [-0.4, -0.2) is 37.5 Å². The van der Waals surface area contributed by atoms with Gasteiger partial charge in [-0.2, -0.15) is 0 Å². The van der Waals surface area contributed by atoms with Gasteiger partial charge in [-0.1, -0.05) is 12.1 Å². The number of hydrogen-bond donors (Lipinski definition) is 1. The van der Waals surface area contributed by atoms with Gasteiger partial charge >= 0.3 is 11.9 Å². The van der Waals surface area contributed by atoms with E-state index >= 15 is 0 Å². The maximum Gasteiger partial charge on any atom is 0.336 e. The van der Waals surface area contributed by atoms with Crippen LogP contribution in [0.2, 0.25) is 0 Å². The van der Waals surface area contributed by atoms with E-state index in [0.717, 1.165) is 5.56 Å². The van der Waals surface area contributed by atoms with E-state index in [0.29, 0.717) is 27.2 Å². The van der Waals surface area contributed by atoms with Crippen molar-refractivity contribution in [3.05, 3.63) is 87.9 Å². The number of nitrogens with zero attached hydrogens (tertiary/aromatic N) is 1. The predicted octanol–water partition coefficient (Wildman–Crippen LogP) is 5.53. The van der Waals surface area contributed by atoms with Crippen LogP contribution in [0.1, 0.15) is 21.5 Å². The van der Waals surface area contributed by atoms with Crippen LogP contribution in [0.3, 0.4) is 0 Å². The van der Waals surface area contributed by atoms with Crippen LogP contribution in [0.15, 0.2) is 76.2 Å². The average Bonchev–Trinajstić information content (AvgIpc) is 2.83. The molecule has 0 spiro atoms. The summed E-state index contributed by atoms with van der Waals surface area (Å²) < 4.78 is 16.5.